The standard InChI is InChI=1S/C12H11BrFN3O/c1-15-5-10-6-16-7-12(17-10)18-11-3-8(13)2-9(14)4-11/h2-4,6-7,15H,5H2,1H3. The van der Waals surface area contributed by atoms with Crippen molar-refractivity contribution in [3.05, 3.63) is 46.6 Å². The van der Waals surface area contributed by atoms with Crippen LogP contribution in [0.3, 0.4) is 0 Å². The molecule has 18 heavy (non-hydrogen) atoms. The second kappa shape index (κ2) is 5.88. The van der Waals surface area contributed by atoms with Gasteiger partial charge < -0.3 is 10.1 Å². The van der Waals surface area contributed by atoms with E-state index in [4.69, 9.17) is 4.74 Å². The van der Waals surface area contributed by atoms with E-state index in [0.717, 1.165) is 5.69 Å². The van der Waals surface area contributed by atoms with E-state index in [-0.39, 0.29) is 5.82 Å². The van der Waals surface area contributed by atoms with E-state index in [1.807, 2.05) is 7.05 Å². The number of benzene rings is 1. The van der Waals surface area contributed by atoms with Crippen LogP contribution in [-0.4, -0.2) is 17.0 Å². The van der Waals surface area contributed by atoms with E-state index in [9.17, 15) is 4.39 Å². The molecule has 0 bridgehead atoms. The Labute approximate surface area is 112 Å². The second-order valence-corrected chi connectivity index (χ2v) is 4.50. The summed E-state index contributed by atoms with van der Waals surface area (Å²) in [5.74, 6) is 0.330. The van der Waals surface area contributed by atoms with Crippen LogP contribution in [0, 0.1) is 5.82 Å². The van der Waals surface area contributed by atoms with Crippen LogP contribution >= 0.6 is 15.9 Å². The van der Waals surface area contributed by atoms with Crippen molar-refractivity contribution in [1.29, 1.82) is 0 Å². The number of nitrogens with zero attached hydrogens (tertiary/aromatic N) is 2. The number of rotatable bonds is 4. The Morgan fingerprint density at radius 2 is 2.17 bits per heavy atom. The summed E-state index contributed by atoms with van der Waals surface area (Å²) in [6.45, 7) is 0.594. The number of hydrogen-bond acceptors (Lipinski definition) is 4. The fourth-order valence-electron chi connectivity index (χ4n) is 1.41. The molecule has 1 heterocycles. The third-order valence-electron chi connectivity index (χ3n) is 2.08. The zero-order valence-corrected chi connectivity index (χ0v) is 11.2. The third kappa shape index (κ3) is 3.48. The van der Waals surface area contributed by atoms with Gasteiger partial charge in [-0.2, -0.15) is 0 Å². The molecule has 0 aliphatic rings. The van der Waals surface area contributed by atoms with Crippen molar-refractivity contribution >= 4 is 15.9 Å². The minimum Gasteiger partial charge on any atom is -0.437 e. The summed E-state index contributed by atoms with van der Waals surface area (Å²) in [7, 11) is 1.82. The van der Waals surface area contributed by atoms with Crippen LogP contribution in [0.5, 0.6) is 11.6 Å². The minimum atomic E-state index is -0.376. The molecule has 2 aromatic rings. The summed E-state index contributed by atoms with van der Waals surface area (Å²) in [6, 6.07) is 4.31. The maximum absolute atomic E-state index is 13.2. The third-order valence-corrected chi connectivity index (χ3v) is 2.54. The second-order valence-electron chi connectivity index (χ2n) is 3.59. The fraction of sp³-hybridized carbons (Fsp3) is 0.167. The van der Waals surface area contributed by atoms with Gasteiger partial charge in [0.15, 0.2) is 0 Å². The molecule has 0 fully saturated rings. The molecule has 0 atom stereocenters. The molecule has 0 aliphatic heterocycles. The summed E-state index contributed by atoms with van der Waals surface area (Å²) < 4.78 is 19.2. The zero-order chi connectivity index (χ0) is 13.0. The van der Waals surface area contributed by atoms with E-state index in [1.54, 1.807) is 12.3 Å². The smallest absolute Gasteiger partial charge is 0.238 e. The Morgan fingerprint density at radius 1 is 1.33 bits per heavy atom. The molecule has 94 valence electrons. The molecular formula is C12H11BrFN3O. The Balaban J connectivity index is 2.20. The molecule has 0 aliphatic carbocycles. The quantitative estimate of drug-likeness (QED) is 0.943. The summed E-state index contributed by atoms with van der Waals surface area (Å²) in [6.07, 6.45) is 3.13. The Hall–Kier alpha value is -1.53. The highest BCUT2D eigenvalue weighted by molar-refractivity contribution is 9.10. The minimum absolute atomic E-state index is 0.334. The maximum Gasteiger partial charge on any atom is 0.238 e. The SMILES string of the molecule is CNCc1cncc(Oc2cc(F)cc(Br)c2)n1. The van der Waals surface area contributed by atoms with E-state index in [2.05, 4.69) is 31.2 Å². The highest BCUT2D eigenvalue weighted by Crippen LogP contribution is 2.24. The highest BCUT2D eigenvalue weighted by atomic mass is 79.9. The first-order chi connectivity index (χ1) is 8.67. The van der Waals surface area contributed by atoms with Crippen LogP contribution in [0.4, 0.5) is 4.39 Å². The van der Waals surface area contributed by atoms with Crippen LogP contribution in [0.15, 0.2) is 35.1 Å². The van der Waals surface area contributed by atoms with Crippen molar-refractivity contribution in [3.8, 4) is 11.6 Å². The monoisotopic (exact) mass is 311 g/mol. The molecule has 1 aromatic heterocycles. The number of halogens is 2. The molecule has 0 spiro atoms. The number of aromatic nitrogens is 2. The molecule has 0 amide bonds. The van der Waals surface area contributed by atoms with Crippen LogP contribution < -0.4 is 10.1 Å². The molecule has 1 N–H and O–H groups in total. The largest absolute Gasteiger partial charge is 0.437 e. The van der Waals surface area contributed by atoms with Gasteiger partial charge in [0.2, 0.25) is 5.88 Å². The van der Waals surface area contributed by atoms with Gasteiger partial charge in [-0.25, -0.2) is 9.37 Å². The topological polar surface area (TPSA) is 47.0 Å². The van der Waals surface area contributed by atoms with E-state index < -0.39 is 0 Å². The lowest BCUT2D eigenvalue weighted by molar-refractivity contribution is 0.452. The lowest BCUT2D eigenvalue weighted by Crippen LogP contribution is -2.07. The van der Waals surface area contributed by atoms with Gasteiger partial charge >= 0.3 is 0 Å². The van der Waals surface area contributed by atoms with Gasteiger partial charge in [-0.05, 0) is 19.2 Å². The number of hydrogen-bond donors (Lipinski definition) is 1. The lowest BCUT2D eigenvalue weighted by Gasteiger charge is -2.06. The Kier molecular flexibility index (Phi) is 4.22. The predicted octanol–water partition coefficient (Wildman–Crippen LogP) is 2.89. The van der Waals surface area contributed by atoms with Crippen LogP contribution in [0.25, 0.3) is 0 Å². The van der Waals surface area contributed by atoms with E-state index in [0.29, 0.717) is 22.6 Å². The molecule has 0 saturated heterocycles. The Bertz CT molecular complexity index is 530. The first-order valence-corrected chi connectivity index (χ1v) is 6.06. The lowest BCUT2D eigenvalue weighted by atomic mass is 10.3. The zero-order valence-electron chi connectivity index (χ0n) is 9.65. The van der Waals surface area contributed by atoms with Crippen molar-refractivity contribution in [2.45, 2.75) is 6.54 Å². The number of ether oxygens (including phenoxy) is 1. The van der Waals surface area contributed by atoms with E-state index >= 15 is 0 Å². The summed E-state index contributed by atoms with van der Waals surface area (Å²) >= 11 is 3.20. The van der Waals surface area contributed by atoms with Crippen LogP contribution in [-0.2, 0) is 6.54 Å². The van der Waals surface area contributed by atoms with Crippen molar-refractivity contribution in [1.82, 2.24) is 15.3 Å². The highest BCUT2D eigenvalue weighted by Gasteiger charge is 2.04. The maximum atomic E-state index is 13.2. The molecule has 6 heteroatoms. The van der Waals surface area contributed by atoms with Gasteiger partial charge in [0.05, 0.1) is 11.9 Å². The molecular weight excluding hydrogens is 301 g/mol. The summed E-state index contributed by atoms with van der Waals surface area (Å²) in [5.41, 5.74) is 0.755. The average molecular weight is 312 g/mol. The normalized spacial score (nSPS) is 10.4. The molecule has 1 aromatic carbocycles. The van der Waals surface area contributed by atoms with Crippen molar-refractivity contribution in [2.75, 3.05) is 7.05 Å². The van der Waals surface area contributed by atoms with Crippen LogP contribution in [0.2, 0.25) is 0 Å². The van der Waals surface area contributed by atoms with Crippen LogP contribution in [0.1, 0.15) is 5.69 Å². The van der Waals surface area contributed by atoms with Gasteiger partial charge in [0.25, 0.3) is 0 Å². The van der Waals surface area contributed by atoms with Crippen molar-refractivity contribution in [2.24, 2.45) is 0 Å². The fourth-order valence-corrected chi connectivity index (χ4v) is 1.85. The summed E-state index contributed by atoms with van der Waals surface area (Å²) in [5, 5.41) is 2.97. The molecule has 0 radical (unpaired) electrons. The van der Waals surface area contributed by atoms with Gasteiger partial charge in [-0.1, -0.05) is 15.9 Å². The van der Waals surface area contributed by atoms with Gasteiger partial charge in [-0.15, -0.1) is 0 Å². The van der Waals surface area contributed by atoms with Crippen molar-refractivity contribution in [3.63, 3.8) is 0 Å². The first kappa shape index (κ1) is 12.9. The molecule has 4 nitrogen and oxygen atoms in total. The predicted molar refractivity (Wildman–Crippen MR) is 69.0 cm³/mol. The van der Waals surface area contributed by atoms with Crippen molar-refractivity contribution < 1.29 is 9.13 Å². The molecule has 0 saturated carbocycles. The number of nitrogens with one attached hydrogen (secondary N) is 1. The molecule has 2 rings (SSSR count). The average Bonchev–Trinajstić information content (AvgIpc) is 2.28. The Morgan fingerprint density at radius 3 is 2.89 bits per heavy atom. The van der Waals surface area contributed by atoms with E-state index in [1.165, 1.54) is 18.3 Å². The molecule has 0 unspecified atom stereocenters. The van der Waals surface area contributed by atoms with Gasteiger partial charge in [-0.3, -0.25) is 4.98 Å². The van der Waals surface area contributed by atoms with Gasteiger partial charge in [0, 0.05) is 23.3 Å². The first-order valence-electron chi connectivity index (χ1n) is 5.27. The summed E-state index contributed by atoms with van der Waals surface area (Å²) in [4.78, 5) is 8.24. The van der Waals surface area contributed by atoms with Gasteiger partial charge in [0.1, 0.15) is 11.6 Å².